The van der Waals surface area contributed by atoms with Crippen molar-refractivity contribution in [3.05, 3.63) is 48.2 Å². The largest absolute Gasteiger partial charge is 0.437 e. The zero-order valence-corrected chi connectivity index (χ0v) is 10.9. The molecule has 1 aromatic heterocycles. The molecule has 1 heterocycles. The second kappa shape index (κ2) is 4.99. The number of anilines is 1. The molecule has 2 rings (SSSR count). The molecule has 96 valence electrons. The fourth-order valence-electron chi connectivity index (χ4n) is 1.72. The van der Waals surface area contributed by atoms with Gasteiger partial charge in [-0.25, -0.2) is 4.98 Å². The normalized spacial score (nSPS) is 10.8. The number of pyridine rings is 1. The lowest BCUT2D eigenvalue weighted by molar-refractivity contribution is 0.450. The van der Waals surface area contributed by atoms with Gasteiger partial charge in [-0.2, -0.15) is 5.26 Å². The van der Waals surface area contributed by atoms with Crippen molar-refractivity contribution in [3.63, 3.8) is 0 Å². The molecule has 0 aliphatic heterocycles. The molecule has 0 saturated heterocycles. The van der Waals surface area contributed by atoms with Gasteiger partial charge in [0.05, 0.1) is 17.2 Å². The van der Waals surface area contributed by atoms with Crippen molar-refractivity contribution in [1.82, 2.24) is 4.98 Å². The van der Waals surface area contributed by atoms with Crippen LogP contribution in [0.2, 0.25) is 0 Å². The summed E-state index contributed by atoms with van der Waals surface area (Å²) in [6, 6.07) is 13.1. The van der Waals surface area contributed by atoms with Crippen LogP contribution in [0, 0.1) is 11.3 Å². The van der Waals surface area contributed by atoms with E-state index in [0.717, 1.165) is 5.56 Å². The van der Waals surface area contributed by atoms with Crippen molar-refractivity contribution >= 4 is 5.69 Å². The summed E-state index contributed by atoms with van der Waals surface area (Å²) in [7, 11) is 0. The number of nitrogens with two attached hydrogens (primary N) is 1. The van der Waals surface area contributed by atoms with Crippen LogP contribution in [0.5, 0.6) is 11.6 Å². The minimum atomic E-state index is -0.639. The van der Waals surface area contributed by atoms with E-state index in [1.807, 2.05) is 38.1 Å². The number of para-hydroxylation sites is 1. The molecular weight excluding hydrogens is 238 g/mol. The van der Waals surface area contributed by atoms with Crippen LogP contribution < -0.4 is 10.5 Å². The SMILES string of the molecule is CC(C)(C#N)c1ccccc1Oc1ncccc1N. The number of benzene rings is 1. The van der Waals surface area contributed by atoms with E-state index in [-0.39, 0.29) is 0 Å². The topological polar surface area (TPSA) is 71.9 Å². The van der Waals surface area contributed by atoms with Crippen molar-refractivity contribution in [2.75, 3.05) is 5.73 Å². The molecule has 19 heavy (non-hydrogen) atoms. The van der Waals surface area contributed by atoms with Crippen LogP contribution in [0.4, 0.5) is 5.69 Å². The molecule has 0 aliphatic carbocycles. The molecule has 0 spiro atoms. The van der Waals surface area contributed by atoms with E-state index >= 15 is 0 Å². The monoisotopic (exact) mass is 253 g/mol. The average Bonchev–Trinajstić information content (AvgIpc) is 2.42. The van der Waals surface area contributed by atoms with E-state index in [4.69, 9.17) is 10.5 Å². The summed E-state index contributed by atoms with van der Waals surface area (Å²) in [6.07, 6.45) is 1.61. The highest BCUT2D eigenvalue weighted by Crippen LogP contribution is 2.34. The predicted molar refractivity (Wildman–Crippen MR) is 73.8 cm³/mol. The van der Waals surface area contributed by atoms with Gasteiger partial charge in [-0.3, -0.25) is 0 Å². The highest BCUT2D eigenvalue weighted by molar-refractivity contribution is 5.51. The zero-order valence-electron chi connectivity index (χ0n) is 10.9. The molecule has 0 aliphatic rings. The summed E-state index contributed by atoms with van der Waals surface area (Å²) < 4.78 is 5.74. The quantitative estimate of drug-likeness (QED) is 0.911. The third-order valence-electron chi connectivity index (χ3n) is 2.85. The van der Waals surface area contributed by atoms with Gasteiger partial charge in [-0.05, 0) is 32.0 Å². The lowest BCUT2D eigenvalue weighted by atomic mass is 9.86. The molecular formula is C15H15N3O. The fourth-order valence-corrected chi connectivity index (χ4v) is 1.72. The number of rotatable bonds is 3. The smallest absolute Gasteiger partial charge is 0.242 e. The highest BCUT2D eigenvalue weighted by Gasteiger charge is 2.24. The van der Waals surface area contributed by atoms with E-state index in [2.05, 4.69) is 11.1 Å². The summed E-state index contributed by atoms with van der Waals surface area (Å²) in [6.45, 7) is 3.69. The van der Waals surface area contributed by atoms with Gasteiger partial charge < -0.3 is 10.5 Å². The van der Waals surface area contributed by atoms with Crippen molar-refractivity contribution in [2.45, 2.75) is 19.3 Å². The standard InChI is InChI=1S/C15H15N3O/c1-15(2,10-16)11-6-3-4-8-13(11)19-14-12(17)7-5-9-18-14/h3-9H,17H2,1-2H3. The lowest BCUT2D eigenvalue weighted by Crippen LogP contribution is -2.15. The summed E-state index contributed by atoms with van der Waals surface area (Å²) in [5.74, 6) is 0.947. The molecule has 2 N–H and O–H groups in total. The Morgan fingerprint density at radius 1 is 1.21 bits per heavy atom. The van der Waals surface area contributed by atoms with Gasteiger partial charge in [-0.1, -0.05) is 18.2 Å². The minimum Gasteiger partial charge on any atom is -0.437 e. The van der Waals surface area contributed by atoms with Gasteiger partial charge in [-0.15, -0.1) is 0 Å². The Bertz CT molecular complexity index is 629. The molecule has 0 unspecified atom stereocenters. The van der Waals surface area contributed by atoms with Crippen LogP contribution in [0.3, 0.4) is 0 Å². The number of hydrogen-bond donors (Lipinski definition) is 1. The van der Waals surface area contributed by atoms with Crippen LogP contribution in [0.15, 0.2) is 42.6 Å². The molecule has 4 nitrogen and oxygen atoms in total. The number of ether oxygens (including phenoxy) is 1. The Labute approximate surface area is 112 Å². The van der Waals surface area contributed by atoms with E-state index in [1.54, 1.807) is 18.3 Å². The van der Waals surface area contributed by atoms with Gasteiger partial charge in [0, 0.05) is 11.8 Å². The first-order chi connectivity index (χ1) is 9.04. The molecule has 0 radical (unpaired) electrons. The number of hydrogen-bond acceptors (Lipinski definition) is 4. The number of nitrogen functional groups attached to an aromatic ring is 1. The maximum Gasteiger partial charge on any atom is 0.242 e. The molecule has 0 amide bonds. The maximum atomic E-state index is 9.25. The number of nitrogens with zero attached hydrogens (tertiary/aromatic N) is 2. The Hall–Kier alpha value is -2.54. The van der Waals surface area contributed by atoms with Crippen LogP contribution in [0.1, 0.15) is 19.4 Å². The number of aromatic nitrogens is 1. The molecule has 2 aromatic rings. The van der Waals surface area contributed by atoms with Crippen LogP contribution in [-0.4, -0.2) is 4.98 Å². The Morgan fingerprint density at radius 3 is 2.63 bits per heavy atom. The predicted octanol–water partition coefficient (Wildman–Crippen LogP) is 3.26. The number of nitriles is 1. The van der Waals surface area contributed by atoms with Gasteiger partial charge in [0.1, 0.15) is 5.75 Å². The van der Waals surface area contributed by atoms with Gasteiger partial charge in [0.25, 0.3) is 0 Å². The molecule has 0 saturated carbocycles. The molecule has 4 heteroatoms. The van der Waals surface area contributed by atoms with Gasteiger partial charge in [0.15, 0.2) is 0 Å². The first-order valence-electron chi connectivity index (χ1n) is 5.94. The lowest BCUT2D eigenvalue weighted by Gasteiger charge is -2.19. The first-order valence-corrected chi connectivity index (χ1v) is 5.94. The van der Waals surface area contributed by atoms with E-state index in [1.165, 1.54) is 0 Å². The summed E-state index contributed by atoms with van der Waals surface area (Å²) in [5.41, 5.74) is 6.44. The van der Waals surface area contributed by atoms with E-state index in [9.17, 15) is 5.26 Å². The summed E-state index contributed by atoms with van der Waals surface area (Å²) >= 11 is 0. The van der Waals surface area contributed by atoms with Crippen molar-refractivity contribution < 1.29 is 4.74 Å². The van der Waals surface area contributed by atoms with Crippen LogP contribution >= 0.6 is 0 Å². The third-order valence-corrected chi connectivity index (χ3v) is 2.85. The summed E-state index contributed by atoms with van der Waals surface area (Å²) in [5, 5.41) is 9.25. The Balaban J connectivity index is 2.43. The molecule has 1 aromatic carbocycles. The molecule has 0 fully saturated rings. The second-order valence-electron chi connectivity index (χ2n) is 4.73. The van der Waals surface area contributed by atoms with Crippen LogP contribution in [0.25, 0.3) is 0 Å². The fraction of sp³-hybridized carbons (Fsp3) is 0.200. The summed E-state index contributed by atoms with van der Waals surface area (Å²) in [4.78, 5) is 4.09. The zero-order chi connectivity index (χ0) is 13.9. The first kappa shape index (κ1) is 12.9. The third kappa shape index (κ3) is 2.66. The second-order valence-corrected chi connectivity index (χ2v) is 4.73. The van der Waals surface area contributed by atoms with Crippen molar-refractivity contribution in [3.8, 4) is 17.7 Å². The van der Waals surface area contributed by atoms with Crippen LogP contribution in [-0.2, 0) is 5.41 Å². The molecule has 0 atom stereocenters. The van der Waals surface area contributed by atoms with Crippen molar-refractivity contribution in [1.29, 1.82) is 5.26 Å². The Kier molecular flexibility index (Phi) is 3.39. The van der Waals surface area contributed by atoms with Crippen molar-refractivity contribution in [2.24, 2.45) is 0 Å². The Morgan fingerprint density at radius 2 is 1.95 bits per heavy atom. The van der Waals surface area contributed by atoms with Gasteiger partial charge >= 0.3 is 0 Å². The average molecular weight is 253 g/mol. The van der Waals surface area contributed by atoms with Gasteiger partial charge in [0.2, 0.25) is 5.88 Å². The maximum absolute atomic E-state index is 9.25. The highest BCUT2D eigenvalue weighted by atomic mass is 16.5. The molecule has 0 bridgehead atoms. The van der Waals surface area contributed by atoms with E-state index < -0.39 is 5.41 Å². The van der Waals surface area contributed by atoms with E-state index in [0.29, 0.717) is 17.3 Å². The minimum absolute atomic E-state index is 0.351.